The Morgan fingerprint density at radius 3 is 1.50 bits per heavy atom. The van der Waals surface area contributed by atoms with Crippen LogP contribution in [0.1, 0.15) is 52.9 Å². The lowest BCUT2D eigenvalue weighted by atomic mass is 9.93. The van der Waals surface area contributed by atoms with Gasteiger partial charge in [-0.3, -0.25) is 10.6 Å². The molecule has 0 aliphatic carbocycles. The van der Waals surface area contributed by atoms with Gasteiger partial charge in [0.1, 0.15) is 0 Å². The van der Waals surface area contributed by atoms with E-state index in [1.54, 1.807) is 0 Å². The second-order valence-electron chi connectivity index (χ2n) is 7.15. The van der Waals surface area contributed by atoms with Gasteiger partial charge in [0, 0.05) is 21.6 Å². The number of hydrogen-bond acceptors (Lipinski definition) is 5. The van der Waals surface area contributed by atoms with Crippen LogP contribution in [0.3, 0.4) is 0 Å². The second-order valence-corrected chi connectivity index (χ2v) is 8.87. The predicted octanol–water partition coefficient (Wildman–Crippen LogP) is 4.84. The summed E-state index contributed by atoms with van der Waals surface area (Å²) in [5.74, 6) is 0. The maximum absolute atomic E-state index is 12.0. The molecule has 0 unspecified atom stereocenters. The van der Waals surface area contributed by atoms with Crippen molar-refractivity contribution >= 4 is 39.0 Å². The lowest BCUT2D eigenvalue weighted by molar-refractivity contribution is 0.262. The minimum atomic E-state index is -0.315. The Morgan fingerprint density at radius 1 is 0.864 bits per heavy atom. The van der Waals surface area contributed by atoms with Crippen molar-refractivity contribution in [3.63, 3.8) is 0 Å². The van der Waals surface area contributed by atoms with E-state index in [-0.39, 0.29) is 16.9 Å². The van der Waals surface area contributed by atoms with Crippen LogP contribution in [0.4, 0.5) is 15.1 Å². The summed E-state index contributed by atoms with van der Waals surface area (Å²) in [5.41, 5.74) is 1.89. The van der Waals surface area contributed by atoms with Crippen molar-refractivity contribution in [1.82, 2.24) is 9.97 Å². The molecule has 0 aliphatic heterocycles. The number of carbonyl (C=O) groups excluding carboxylic acids is 1. The summed E-state index contributed by atoms with van der Waals surface area (Å²) < 4.78 is 0. The summed E-state index contributed by atoms with van der Waals surface area (Å²) in [7, 11) is 0. The SMILES string of the molecule is CC(C)(C)c1csc(NC(=O)Nc2nc(C(C)(C)C)cs2)n1. The third kappa shape index (κ3) is 4.27. The lowest BCUT2D eigenvalue weighted by Gasteiger charge is -2.14. The van der Waals surface area contributed by atoms with E-state index in [0.29, 0.717) is 10.3 Å². The molecule has 0 saturated carbocycles. The number of aromatic nitrogens is 2. The number of urea groups is 1. The lowest BCUT2D eigenvalue weighted by Crippen LogP contribution is -2.20. The average Bonchev–Trinajstić information content (AvgIpc) is 2.96. The normalized spacial score (nSPS) is 12.3. The number of carbonyl (C=O) groups is 1. The Bertz CT molecular complexity index is 605. The van der Waals surface area contributed by atoms with Crippen LogP contribution in [0.15, 0.2) is 10.8 Å². The summed E-state index contributed by atoms with van der Waals surface area (Å²) in [4.78, 5) is 20.9. The highest BCUT2D eigenvalue weighted by molar-refractivity contribution is 7.14. The van der Waals surface area contributed by atoms with Crippen LogP contribution < -0.4 is 10.6 Å². The smallest absolute Gasteiger partial charge is 0.283 e. The standard InChI is InChI=1S/C15H22N4OS2/c1-14(2,3)9-7-21-12(16-9)18-11(20)19-13-17-10(8-22-13)15(4,5)6/h7-8H,1-6H3,(H2,16,17,18,19,20). The van der Waals surface area contributed by atoms with Crippen molar-refractivity contribution in [2.24, 2.45) is 0 Å². The summed E-state index contributed by atoms with van der Waals surface area (Å²) in [6.07, 6.45) is 0. The molecule has 2 rings (SSSR count). The minimum absolute atomic E-state index is 0.0240. The van der Waals surface area contributed by atoms with Gasteiger partial charge in [0.25, 0.3) is 0 Å². The molecule has 2 heterocycles. The molecule has 0 radical (unpaired) electrons. The van der Waals surface area contributed by atoms with Gasteiger partial charge in [-0.25, -0.2) is 14.8 Å². The van der Waals surface area contributed by atoms with Gasteiger partial charge >= 0.3 is 6.03 Å². The van der Waals surface area contributed by atoms with Gasteiger partial charge in [0.05, 0.1) is 11.4 Å². The maximum Gasteiger partial charge on any atom is 0.327 e. The Hall–Kier alpha value is -1.47. The van der Waals surface area contributed by atoms with Gasteiger partial charge in [-0.05, 0) is 0 Å². The van der Waals surface area contributed by atoms with Crippen molar-refractivity contribution in [2.45, 2.75) is 52.4 Å². The zero-order chi connectivity index (χ0) is 16.5. The van der Waals surface area contributed by atoms with Crippen LogP contribution in [0.25, 0.3) is 0 Å². The largest absolute Gasteiger partial charge is 0.327 e. The quantitative estimate of drug-likeness (QED) is 0.823. The first-order chi connectivity index (χ1) is 10.1. The number of anilines is 2. The Labute approximate surface area is 139 Å². The molecule has 0 aromatic carbocycles. The van der Waals surface area contributed by atoms with Crippen molar-refractivity contribution in [2.75, 3.05) is 10.6 Å². The fraction of sp³-hybridized carbons (Fsp3) is 0.533. The zero-order valence-corrected chi connectivity index (χ0v) is 15.4. The number of nitrogens with one attached hydrogen (secondary N) is 2. The Morgan fingerprint density at radius 2 is 1.23 bits per heavy atom. The summed E-state index contributed by atoms with van der Waals surface area (Å²) in [6.45, 7) is 12.6. The van der Waals surface area contributed by atoms with E-state index in [9.17, 15) is 4.79 Å². The minimum Gasteiger partial charge on any atom is -0.283 e. The summed E-state index contributed by atoms with van der Waals surface area (Å²) in [5, 5.41) is 10.6. The van der Waals surface area contributed by atoms with Gasteiger partial charge in [0.2, 0.25) is 0 Å². The fourth-order valence-corrected chi connectivity index (χ4v) is 3.44. The molecule has 2 amide bonds. The number of rotatable bonds is 2. The molecule has 120 valence electrons. The monoisotopic (exact) mass is 338 g/mol. The highest BCUT2D eigenvalue weighted by atomic mass is 32.1. The maximum atomic E-state index is 12.0. The molecule has 0 saturated heterocycles. The van der Waals surface area contributed by atoms with Crippen molar-refractivity contribution in [3.05, 3.63) is 22.1 Å². The van der Waals surface area contributed by atoms with E-state index in [0.717, 1.165) is 11.4 Å². The summed E-state index contributed by atoms with van der Waals surface area (Å²) in [6, 6.07) is -0.315. The highest BCUT2D eigenvalue weighted by Gasteiger charge is 2.20. The van der Waals surface area contributed by atoms with Gasteiger partial charge in [-0.15, -0.1) is 22.7 Å². The molecule has 5 nitrogen and oxygen atoms in total. The van der Waals surface area contributed by atoms with E-state index >= 15 is 0 Å². The van der Waals surface area contributed by atoms with E-state index in [2.05, 4.69) is 62.1 Å². The van der Waals surface area contributed by atoms with Crippen LogP contribution in [0, 0.1) is 0 Å². The molecule has 2 aromatic heterocycles. The van der Waals surface area contributed by atoms with Crippen LogP contribution in [-0.4, -0.2) is 16.0 Å². The zero-order valence-electron chi connectivity index (χ0n) is 13.8. The molecule has 0 fully saturated rings. The third-order valence-electron chi connectivity index (χ3n) is 2.99. The van der Waals surface area contributed by atoms with Crippen LogP contribution in [-0.2, 0) is 10.8 Å². The van der Waals surface area contributed by atoms with Crippen LogP contribution in [0.2, 0.25) is 0 Å². The number of thiazole rings is 2. The topological polar surface area (TPSA) is 66.9 Å². The van der Waals surface area contributed by atoms with Gasteiger partial charge < -0.3 is 0 Å². The van der Waals surface area contributed by atoms with E-state index in [4.69, 9.17) is 0 Å². The molecule has 0 aliphatic rings. The first-order valence-electron chi connectivity index (χ1n) is 7.06. The molecule has 7 heteroatoms. The molecule has 0 bridgehead atoms. The van der Waals surface area contributed by atoms with E-state index in [1.165, 1.54) is 22.7 Å². The summed E-state index contributed by atoms with van der Waals surface area (Å²) >= 11 is 2.85. The molecular formula is C15H22N4OS2. The van der Waals surface area contributed by atoms with Gasteiger partial charge in [0.15, 0.2) is 10.3 Å². The first kappa shape index (κ1) is 16.9. The number of hydrogen-bond donors (Lipinski definition) is 2. The van der Waals surface area contributed by atoms with Gasteiger partial charge in [-0.2, -0.15) is 0 Å². The molecular weight excluding hydrogens is 316 g/mol. The first-order valence-corrected chi connectivity index (χ1v) is 8.81. The van der Waals surface area contributed by atoms with Crippen molar-refractivity contribution < 1.29 is 4.79 Å². The van der Waals surface area contributed by atoms with E-state index in [1.807, 2.05) is 10.8 Å². The second kappa shape index (κ2) is 5.96. The van der Waals surface area contributed by atoms with Crippen molar-refractivity contribution in [3.8, 4) is 0 Å². The molecule has 22 heavy (non-hydrogen) atoms. The van der Waals surface area contributed by atoms with Crippen molar-refractivity contribution in [1.29, 1.82) is 0 Å². The Kier molecular flexibility index (Phi) is 4.58. The van der Waals surface area contributed by atoms with Crippen LogP contribution in [0.5, 0.6) is 0 Å². The molecule has 2 aromatic rings. The molecule has 0 atom stereocenters. The van der Waals surface area contributed by atoms with E-state index < -0.39 is 0 Å². The predicted molar refractivity (Wildman–Crippen MR) is 94.3 cm³/mol. The molecule has 2 N–H and O–H groups in total. The third-order valence-corrected chi connectivity index (χ3v) is 4.50. The van der Waals surface area contributed by atoms with Crippen LogP contribution >= 0.6 is 22.7 Å². The molecule has 0 spiro atoms. The highest BCUT2D eigenvalue weighted by Crippen LogP contribution is 2.28. The average molecular weight is 339 g/mol. The number of amides is 2. The van der Waals surface area contributed by atoms with Gasteiger partial charge in [-0.1, -0.05) is 41.5 Å². The number of nitrogens with zero attached hydrogens (tertiary/aromatic N) is 2. The Balaban J connectivity index is 1.99. The fourth-order valence-electron chi connectivity index (χ4n) is 1.58.